The molecule has 3 nitrogen and oxygen atoms in total. The summed E-state index contributed by atoms with van der Waals surface area (Å²) in [5.41, 5.74) is 3.27. The van der Waals surface area contributed by atoms with Gasteiger partial charge in [-0.15, -0.1) is 12.4 Å². The molecule has 1 N–H and O–H groups in total. The van der Waals surface area contributed by atoms with Gasteiger partial charge < -0.3 is 22.4 Å². The predicted octanol–water partition coefficient (Wildman–Crippen LogP) is -1.62. The molecule has 0 fully saturated rings. The van der Waals surface area contributed by atoms with E-state index >= 15 is 0 Å². The van der Waals surface area contributed by atoms with E-state index in [0.717, 1.165) is 18.0 Å². The van der Waals surface area contributed by atoms with Crippen molar-refractivity contribution in [3.63, 3.8) is 0 Å². The van der Waals surface area contributed by atoms with Crippen molar-refractivity contribution in [3.8, 4) is 0 Å². The second kappa shape index (κ2) is 8.25. The first kappa shape index (κ1) is 18.5. The number of hydrogen-bond acceptors (Lipinski definition) is 3. The van der Waals surface area contributed by atoms with Gasteiger partial charge in [-0.25, -0.2) is 0 Å². The van der Waals surface area contributed by atoms with Gasteiger partial charge >= 0.3 is 0 Å². The number of thiazole rings is 1. The number of aliphatic hydroxyl groups excluding tert-OH is 1. The maximum Gasteiger partial charge on any atom is 0.225 e. The molecule has 0 saturated carbocycles. The van der Waals surface area contributed by atoms with Gasteiger partial charge in [0.2, 0.25) is 5.51 Å². The van der Waals surface area contributed by atoms with Crippen LogP contribution < -0.4 is 17.0 Å². The molecular formula is C10H20Cl2N2OS. The van der Waals surface area contributed by atoms with E-state index in [1.807, 2.05) is 6.92 Å². The summed E-state index contributed by atoms with van der Waals surface area (Å²) in [7, 11) is 4.13. The van der Waals surface area contributed by atoms with Gasteiger partial charge in [0.1, 0.15) is 4.88 Å². The summed E-state index contributed by atoms with van der Waals surface area (Å²) in [4.78, 5) is 3.23. The molecule has 1 aromatic rings. The fourth-order valence-electron chi connectivity index (χ4n) is 1.36. The number of aromatic nitrogens is 1. The van der Waals surface area contributed by atoms with Gasteiger partial charge in [-0.3, -0.25) is 0 Å². The van der Waals surface area contributed by atoms with Crippen molar-refractivity contribution in [2.45, 2.75) is 26.5 Å². The van der Waals surface area contributed by atoms with Crippen LogP contribution in [0.4, 0.5) is 0 Å². The minimum atomic E-state index is -0.347. The van der Waals surface area contributed by atoms with E-state index in [4.69, 9.17) is 0 Å². The van der Waals surface area contributed by atoms with E-state index in [0.29, 0.717) is 0 Å². The molecule has 1 heterocycles. The summed E-state index contributed by atoms with van der Waals surface area (Å²) in [6.45, 7) is 5.90. The van der Waals surface area contributed by atoms with Crippen LogP contribution in [0.2, 0.25) is 0 Å². The number of likely N-dealkylation sites (N-methyl/N-ethyl adjacent to an activating group) is 1. The van der Waals surface area contributed by atoms with Crippen LogP contribution in [0.15, 0.2) is 5.51 Å². The van der Waals surface area contributed by atoms with Crippen LogP contribution in [0.25, 0.3) is 0 Å². The van der Waals surface area contributed by atoms with Crippen molar-refractivity contribution < 1.29 is 22.1 Å². The molecule has 96 valence electrons. The minimum absolute atomic E-state index is 0. The Labute approximate surface area is 114 Å². The lowest BCUT2D eigenvalue weighted by molar-refractivity contribution is -0.697. The van der Waals surface area contributed by atoms with Crippen molar-refractivity contribution in [1.29, 1.82) is 0 Å². The zero-order chi connectivity index (χ0) is 10.7. The SMILES string of the molecule is Cc1c(C(C)O)sc[n+]1CCN(C)C.Cl.[Cl-]. The van der Waals surface area contributed by atoms with Gasteiger partial charge in [-0.1, -0.05) is 11.3 Å². The second-order valence-electron chi connectivity index (χ2n) is 3.85. The fraction of sp³-hybridized carbons (Fsp3) is 0.700. The third kappa shape index (κ3) is 4.97. The zero-order valence-corrected chi connectivity index (χ0v) is 12.5. The first-order chi connectivity index (χ1) is 6.52. The van der Waals surface area contributed by atoms with Gasteiger partial charge in [-0.2, -0.15) is 4.57 Å². The molecule has 1 atom stereocenters. The lowest BCUT2D eigenvalue weighted by Gasteiger charge is -2.05. The van der Waals surface area contributed by atoms with Crippen LogP contribution in [0.1, 0.15) is 23.6 Å². The number of nitrogens with zero attached hydrogens (tertiary/aromatic N) is 2. The van der Waals surface area contributed by atoms with Crippen LogP contribution in [0, 0.1) is 6.92 Å². The Morgan fingerprint density at radius 1 is 1.50 bits per heavy atom. The average molecular weight is 287 g/mol. The van der Waals surface area contributed by atoms with Crippen molar-refractivity contribution in [2.75, 3.05) is 20.6 Å². The fourth-order valence-corrected chi connectivity index (χ4v) is 2.34. The van der Waals surface area contributed by atoms with E-state index in [1.54, 1.807) is 11.3 Å². The minimum Gasteiger partial charge on any atom is -1.00 e. The molecule has 1 rings (SSSR count). The molecule has 0 aliphatic rings. The topological polar surface area (TPSA) is 27.4 Å². The first-order valence-corrected chi connectivity index (χ1v) is 5.70. The molecule has 1 aromatic heterocycles. The summed E-state index contributed by atoms with van der Waals surface area (Å²) in [5, 5.41) is 9.48. The zero-order valence-electron chi connectivity index (χ0n) is 10.1. The van der Waals surface area contributed by atoms with Crippen LogP contribution in [-0.4, -0.2) is 30.6 Å². The van der Waals surface area contributed by atoms with Crippen molar-refractivity contribution in [2.24, 2.45) is 0 Å². The van der Waals surface area contributed by atoms with Crippen LogP contribution in [0.5, 0.6) is 0 Å². The van der Waals surface area contributed by atoms with Gasteiger partial charge in [-0.05, 0) is 21.0 Å². The van der Waals surface area contributed by atoms with E-state index in [2.05, 4.69) is 36.0 Å². The van der Waals surface area contributed by atoms with E-state index in [-0.39, 0.29) is 30.9 Å². The summed E-state index contributed by atoms with van der Waals surface area (Å²) in [5.74, 6) is 0. The monoisotopic (exact) mass is 286 g/mol. The lowest BCUT2D eigenvalue weighted by atomic mass is 10.3. The van der Waals surface area contributed by atoms with Crippen LogP contribution in [-0.2, 0) is 6.54 Å². The lowest BCUT2D eigenvalue weighted by Crippen LogP contribution is -3.00. The molecular weight excluding hydrogens is 267 g/mol. The normalized spacial score (nSPS) is 11.9. The highest BCUT2D eigenvalue weighted by atomic mass is 35.5. The Morgan fingerprint density at radius 3 is 2.44 bits per heavy atom. The molecule has 0 aliphatic carbocycles. The summed E-state index contributed by atoms with van der Waals surface area (Å²) < 4.78 is 2.20. The van der Waals surface area contributed by atoms with Crippen LogP contribution >= 0.6 is 23.7 Å². The molecule has 0 aliphatic heterocycles. The molecule has 0 bridgehead atoms. The van der Waals surface area contributed by atoms with E-state index in [1.165, 1.54) is 5.69 Å². The summed E-state index contributed by atoms with van der Waals surface area (Å²) >= 11 is 1.63. The number of aliphatic hydroxyl groups is 1. The second-order valence-corrected chi connectivity index (χ2v) is 4.73. The Bertz CT molecular complexity index is 303. The molecule has 0 saturated heterocycles. The number of halogens is 2. The molecule has 0 spiro atoms. The van der Waals surface area contributed by atoms with Gasteiger partial charge in [0.25, 0.3) is 0 Å². The summed E-state index contributed by atoms with van der Waals surface area (Å²) in [6.07, 6.45) is -0.347. The highest BCUT2D eigenvalue weighted by molar-refractivity contribution is 7.09. The molecule has 0 aromatic carbocycles. The molecule has 1 unspecified atom stereocenters. The Balaban J connectivity index is 0. The highest BCUT2D eigenvalue weighted by Gasteiger charge is 2.18. The Hall–Kier alpha value is 0.130. The van der Waals surface area contributed by atoms with Crippen molar-refractivity contribution in [1.82, 2.24) is 4.90 Å². The average Bonchev–Trinajstić information content (AvgIpc) is 2.43. The number of hydrogen-bond donors (Lipinski definition) is 1. The Kier molecular flexibility index (Phi) is 9.54. The van der Waals surface area contributed by atoms with Crippen molar-refractivity contribution >= 4 is 23.7 Å². The smallest absolute Gasteiger partial charge is 0.225 e. The maximum absolute atomic E-state index is 9.48. The molecule has 16 heavy (non-hydrogen) atoms. The summed E-state index contributed by atoms with van der Waals surface area (Å²) in [6, 6.07) is 0. The maximum atomic E-state index is 9.48. The third-order valence-corrected chi connectivity index (χ3v) is 3.51. The largest absolute Gasteiger partial charge is 1.00 e. The van der Waals surface area contributed by atoms with Gasteiger partial charge in [0.15, 0.2) is 12.2 Å². The first-order valence-electron chi connectivity index (χ1n) is 4.82. The van der Waals surface area contributed by atoms with Crippen LogP contribution in [0.3, 0.4) is 0 Å². The quantitative estimate of drug-likeness (QED) is 0.674. The van der Waals surface area contributed by atoms with Gasteiger partial charge in [0, 0.05) is 6.92 Å². The molecule has 6 heteroatoms. The Morgan fingerprint density at radius 2 is 2.06 bits per heavy atom. The standard InChI is InChI=1S/C10H19N2OS.2ClH/c1-8-10(9(2)13)14-7-12(8)6-5-11(3)4;;/h7,9,13H,5-6H2,1-4H3;2*1H/q+1;;/p-1. The number of rotatable bonds is 4. The molecule has 0 amide bonds. The highest BCUT2D eigenvalue weighted by Crippen LogP contribution is 2.19. The van der Waals surface area contributed by atoms with E-state index < -0.39 is 0 Å². The van der Waals surface area contributed by atoms with Gasteiger partial charge in [0.05, 0.1) is 12.6 Å². The van der Waals surface area contributed by atoms with E-state index in [9.17, 15) is 5.11 Å². The predicted molar refractivity (Wildman–Crippen MR) is 65.7 cm³/mol. The third-order valence-electron chi connectivity index (χ3n) is 2.26. The molecule has 0 radical (unpaired) electrons. The van der Waals surface area contributed by atoms with Crippen molar-refractivity contribution in [3.05, 3.63) is 16.1 Å².